The van der Waals surface area contributed by atoms with Crippen molar-refractivity contribution in [2.75, 3.05) is 13.1 Å². The second-order valence-corrected chi connectivity index (χ2v) is 7.04. The van der Waals surface area contributed by atoms with Crippen LogP contribution in [0.1, 0.15) is 44.6 Å². The van der Waals surface area contributed by atoms with Crippen LogP contribution in [0, 0.1) is 11.8 Å². The Bertz CT molecular complexity index is 554. The van der Waals surface area contributed by atoms with E-state index in [-0.39, 0.29) is 30.2 Å². The van der Waals surface area contributed by atoms with Gasteiger partial charge in [0.15, 0.2) is 0 Å². The summed E-state index contributed by atoms with van der Waals surface area (Å²) in [7, 11) is 0. The van der Waals surface area contributed by atoms with Gasteiger partial charge in [-0.2, -0.15) is 0 Å². The number of aliphatic carboxylic acids is 1. The second-order valence-electron chi connectivity index (χ2n) is 6.61. The van der Waals surface area contributed by atoms with Gasteiger partial charge in [-0.25, -0.2) is 0 Å². The van der Waals surface area contributed by atoms with Gasteiger partial charge in [-0.3, -0.25) is 9.59 Å². The molecule has 4 nitrogen and oxygen atoms in total. The van der Waals surface area contributed by atoms with Crippen molar-refractivity contribution in [2.24, 2.45) is 11.8 Å². The second kappa shape index (κ2) is 10.7. The van der Waals surface area contributed by atoms with Gasteiger partial charge in [0.25, 0.3) is 0 Å². The molecule has 1 aromatic rings. The van der Waals surface area contributed by atoms with Crippen LogP contribution in [0.3, 0.4) is 0 Å². The molecular formula is C19H27Cl2NO3. The monoisotopic (exact) mass is 387 g/mol. The van der Waals surface area contributed by atoms with E-state index in [2.05, 4.69) is 6.92 Å². The van der Waals surface area contributed by atoms with Gasteiger partial charge in [0.2, 0.25) is 5.91 Å². The van der Waals surface area contributed by atoms with E-state index >= 15 is 0 Å². The summed E-state index contributed by atoms with van der Waals surface area (Å²) in [5.41, 5.74) is 0.956. The first-order valence-electron chi connectivity index (χ1n) is 8.76. The Balaban J connectivity index is 0.00000312. The number of rotatable bonds is 7. The lowest BCUT2D eigenvalue weighted by molar-refractivity contribution is -0.145. The fraction of sp³-hybridized carbons (Fsp3) is 0.579. The van der Waals surface area contributed by atoms with Crippen LogP contribution in [-0.2, 0) is 16.0 Å². The maximum Gasteiger partial charge on any atom is 0.306 e. The summed E-state index contributed by atoms with van der Waals surface area (Å²) < 4.78 is 0. The van der Waals surface area contributed by atoms with Crippen molar-refractivity contribution in [3.8, 4) is 0 Å². The van der Waals surface area contributed by atoms with Gasteiger partial charge in [0.1, 0.15) is 0 Å². The number of nitrogens with zero attached hydrogens (tertiary/aromatic N) is 1. The zero-order valence-electron chi connectivity index (χ0n) is 14.6. The minimum absolute atomic E-state index is 0. The molecule has 1 fully saturated rings. The summed E-state index contributed by atoms with van der Waals surface area (Å²) in [6.45, 7) is 3.40. The third-order valence-corrected chi connectivity index (χ3v) is 5.17. The molecule has 0 spiro atoms. The Hall–Kier alpha value is -1.26. The van der Waals surface area contributed by atoms with Crippen molar-refractivity contribution in [1.29, 1.82) is 0 Å². The average Bonchev–Trinajstić information content (AvgIpc) is 2.57. The Morgan fingerprint density at radius 3 is 2.36 bits per heavy atom. The highest BCUT2D eigenvalue weighted by Crippen LogP contribution is 2.29. The van der Waals surface area contributed by atoms with Crippen LogP contribution in [0.5, 0.6) is 0 Å². The van der Waals surface area contributed by atoms with Gasteiger partial charge < -0.3 is 10.0 Å². The molecule has 0 aromatic heterocycles. The number of halogens is 2. The quantitative estimate of drug-likeness (QED) is 0.752. The smallest absolute Gasteiger partial charge is 0.306 e. The van der Waals surface area contributed by atoms with Crippen LogP contribution in [0.4, 0.5) is 0 Å². The highest BCUT2D eigenvalue weighted by Gasteiger charge is 2.32. The number of carbonyl (C=O) groups excluding carboxylic acids is 1. The predicted molar refractivity (Wildman–Crippen MR) is 102 cm³/mol. The maximum absolute atomic E-state index is 12.4. The van der Waals surface area contributed by atoms with E-state index in [1.165, 1.54) is 0 Å². The van der Waals surface area contributed by atoms with E-state index in [1.807, 2.05) is 17.0 Å². The third-order valence-electron chi connectivity index (χ3n) is 4.92. The summed E-state index contributed by atoms with van der Waals surface area (Å²) in [5, 5.41) is 10.1. The zero-order valence-corrected chi connectivity index (χ0v) is 16.2. The molecule has 2 rings (SSSR count). The van der Waals surface area contributed by atoms with E-state index < -0.39 is 5.97 Å². The molecule has 1 aliphatic heterocycles. The number of hydrogen-bond donors (Lipinski definition) is 1. The molecule has 140 valence electrons. The lowest BCUT2D eigenvalue weighted by Crippen LogP contribution is -2.42. The highest BCUT2D eigenvalue weighted by molar-refractivity contribution is 6.30. The third kappa shape index (κ3) is 6.52. The van der Waals surface area contributed by atoms with Crippen LogP contribution in [0.2, 0.25) is 5.02 Å². The van der Waals surface area contributed by atoms with Gasteiger partial charge in [0, 0.05) is 18.1 Å². The van der Waals surface area contributed by atoms with Crippen molar-refractivity contribution >= 4 is 35.9 Å². The molecule has 0 radical (unpaired) electrons. The molecule has 6 heteroatoms. The van der Waals surface area contributed by atoms with Crippen LogP contribution in [-0.4, -0.2) is 35.0 Å². The molecule has 1 saturated heterocycles. The number of likely N-dealkylation sites (tertiary alicyclic amines) is 1. The first-order valence-corrected chi connectivity index (χ1v) is 9.14. The first kappa shape index (κ1) is 21.8. The lowest BCUT2D eigenvalue weighted by atomic mass is 9.81. The molecule has 1 unspecified atom stereocenters. The summed E-state index contributed by atoms with van der Waals surface area (Å²) in [6.07, 6.45) is 4.66. The summed E-state index contributed by atoms with van der Waals surface area (Å²) in [5.74, 6) is -0.655. The van der Waals surface area contributed by atoms with Gasteiger partial charge in [-0.1, -0.05) is 43.5 Å². The molecule has 0 aliphatic carbocycles. The van der Waals surface area contributed by atoms with Crippen molar-refractivity contribution < 1.29 is 14.7 Å². The van der Waals surface area contributed by atoms with Crippen LogP contribution in [0.25, 0.3) is 0 Å². The number of hydrogen-bond acceptors (Lipinski definition) is 2. The highest BCUT2D eigenvalue weighted by atomic mass is 35.5. The van der Waals surface area contributed by atoms with Crippen LogP contribution < -0.4 is 0 Å². The lowest BCUT2D eigenvalue weighted by Gasteiger charge is -2.34. The fourth-order valence-corrected chi connectivity index (χ4v) is 3.55. The Morgan fingerprint density at radius 2 is 1.84 bits per heavy atom. The van der Waals surface area contributed by atoms with E-state index in [0.717, 1.165) is 37.7 Å². The van der Waals surface area contributed by atoms with Gasteiger partial charge in [-0.05, 0) is 42.9 Å². The zero-order chi connectivity index (χ0) is 17.5. The molecule has 1 amide bonds. The molecule has 25 heavy (non-hydrogen) atoms. The Labute approximate surface area is 161 Å². The number of piperidine rings is 1. The van der Waals surface area contributed by atoms with Gasteiger partial charge >= 0.3 is 5.97 Å². The van der Waals surface area contributed by atoms with Crippen molar-refractivity contribution in [3.63, 3.8) is 0 Å². The molecule has 1 atom stereocenters. The summed E-state index contributed by atoms with van der Waals surface area (Å²) in [4.78, 5) is 25.8. The van der Waals surface area contributed by atoms with Gasteiger partial charge in [0.05, 0.1) is 12.3 Å². The van der Waals surface area contributed by atoms with E-state index in [0.29, 0.717) is 24.5 Å². The first-order chi connectivity index (χ1) is 11.5. The number of carboxylic acids is 1. The van der Waals surface area contributed by atoms with Crippen molar-refractivity contribution in [2.45, 2.75) is 45.4 Å². The fourth-order valence-electron chi connectivity index (χ4n) is 3.42. The Kier molecular flexibility index (Phi) is 9.30. The molecule has 1 aliphatic rings. The predicted octanol–water partition coefficient (Wildman–Crippen LogP) is 4.43. The Morgan fingerprint density at radius 1 is 1.24 bits per heavy atom. The number of carboxylic acid groups (broad SMARTS) is 1. The normalized spacial score (nSPS) is 16.2. The standard InChI is InChI=1S/C19H26ClNO3.ClH/c1-2-3-4-17(19(23)24)15-9-11-21(12-10-15)18(22)13-14-5-7-16(20)8-6-14;/h5-8,15,17H,2-4,9-13H2,1H3,(H,23,24);1H. The summed E-state index contributed by atoms with van der Waals surface area (Å²) >= 11 is 5.86. The SMILES string of the molecule is CCCCC(C(=O)O)C1CCN(C(=O)Cc2ccc(Cl)cc2)CC1.Cl. The molecule has 1 heterocycles. The van der Waals surface area contributed by atoms with Crippen molar-refractivity contribution in [1.82, 2.24) is 4.90 Å². The average molecular weight is 388 g/mol. The minimum atomic E-state index is -0.686. The topological polar surface area (TPSA) is 57.6 Å². The minimum Gasteiger partial charge on any atom is -0.481 e. The van der Waals surface area contributed by atoms with E-state index in [9.17, 15) is 14.7 Å². The van der Waals surface area contributed by atoms with Crippen LogP contribution in [0.15, 0.2) is 24.3 Å². The number of amides is 1. The number of carbonyl (C=O) groups is 2. The molecule has 1 aromatic carbocycles. The number of benzene rings is 1. The number of unbranched alkanes of at least 4 members (excludes halogenated alkanes) is 1. The largest absolute Gasteiger partial charge is 0.481 e. The van der Waals surface area contributed by atoms with E-state index in [4.69, 9.17) is 11.6 Å². The van der Waals surface area contributed by atoms with E-state index in [1.54, 1.807) is 12.1 Å². The maximum atomic E-state index is 12.4. The van der Waals surface area contributed by atoms with Gasteiger partial charge in [-0.15, -0.1) is 12.4 Å². The van der Waals surface area contributed by atoms with Crippen molar-refractivity contribution in [3.05, 3.63) is 34.9 Å². The molecule has 0 bridgehead atoms. The molecule has 1 N–H and O–H groups in total. The summed E-state index contributed by atoms with van der Waals surface area (Å²) in [6, 6.07) is 7.33. The van der Waals surface area contributed by atoms with Crippen LogP contribution >= 0.6 is 24.0 Å². The molecular weight excluding hydrogens is 361 g/mol. The molecule has 0 saturated carbocycles.